The molecule has 0 atom stereocenters. The summed E-state index contributed by atoms with van der Waals surface area (Å²) in [7, 11) is 4.06. The molecule has 0 aliphatic heterocycles. The predicted octanol–water partition coefficient (Wildman–Crippen LogP) is 3.00. The minimum atomic E-state index is -0.747. The maximum atomic E-state index is 12.4. The highest BCUT2D eigenvalue weighted by atomic mass is 16.6. The molecule has 0 heterocycles. The Labute approximate surface area is 156 Å². The molecule has 0 fully saturated rings. The van der Waals surface area contributed by atoms with Gasteiger partial charge >= 0.3 is 11.9 Å². The zero-order chi connectivity index (χ0) is 19.8. The van der Waals surface area contributed by atoms with Crippen LogP contribution in [0.25, 0.3) is 6.08 Å². The van der Waals surface area contributed by atoms with Gasteiger partial charge in [0.2, 0.25) is 0 Å². The van der Waals surface area contributed by atoms with Crippen molar-refractivity contribution in [2.24, 2.45) is 0 Å². The van der Waals surface area contributed by atoms with E-state index in [1.165, 1.54) is 39.5 Å². The van der Waals surface area contributed by atoms with Crippen LogP contribution < -0.4 is 14.2 Å². The van der Waals surface area contributed by atoms with Crippen LogP contribution in [0.2, 0.25) is 0 Å². The molecule has 2 rings (SSSR count). The molecule has 0 aliphatic carbocycles. The summed E-state index contributed by atoms with van der Waals surface area (Å²) in [5.41, 5.74) is 0.604. The summed E-state index contributed by atoms with van der Waals surface area (Å²) in [5, 5.41) is 9.03. The monoisotopic (exact) mass is 367 g/mol. The van der Waals surface area contributed by atoms with Gasteiger partial charge in [-0.15, -0.1) is 0 Å². The maximum Gasteiger partial charge on any atom is 0.348 e. The molecule has 0 bridgehead atoms. The average Bonchev–Trinajstić information content (AvgIpc) is 2.71. The summed E-state index contributed by atoms with van der Waals surface area (Å²) >= 11 is 0. The summed E-state index contributed by atoms with van der Waals surface area (Å²) < 4.78 is 20.3. The van der Waals surface area contributed by atoms with Gasteiger partial charge in [0.1, 0.15) is 23.0 Å². The second-order valence-electron chi connectivity index (χ2n) is 5.16. The van der Waals surface area contributed by atoms with Crippen molar-refractivity contribution in [3.63, 3.8) is 0 Å². The normalized spacial score (nSPS) is 10.5. The smallest absolute Gasteiger partial charge is 0.348 e. The molecule has 0 amide bonds. The Balaban J connectivity index is 2.31. The summed E-state index contributed by atoms with van der Waals surface area (Å²) in [5.74, 6) is -0.529. The second kappa shape index (κ2) is 9.06. The number of esters is 2. The van der Waals surface area contributed by atoms with Crippen LogP contribution in [0.1, 0.15) is 15.9 Å². The molecule has 2 aromatic carbocycles. The largest absolute Gasteiger partial charge is 0.496 e. The lowest BCUT2D eigenvalue weighted by Crippen LogP contribution is -2.10. The first-order valence-corrected chi connectivity index (χ1v) is 7.77. The first-order valence-electron chi connectivity index (χ1n) is 7.77. The number of para-hydroxylation sites is 1. The lowest BCUT2D eigenvalue weighted by Gasteiger charge is -2.11. The first-order chi connectivity index (χ1) is 13.0. The van der Waals surface area contributed by atoms with Crippen LogP contribution in [0.15, 0.2) is 48.0 Å². The van der Waals surface area contributed by atoms with Crippen molar-refractivity contribution in [3.8, 4) is 23.3 Å². The Kier molecular flexibility index (Phi) is 6.55. The number of nitriles is 1. The van der Waals surface area contributed by atoms with E-state index >= 15 is 0 Å². The Hall–Kier alpha value is -3.79. The van der Waals surface area contributed by atoms with E-state index in [-0.39, 0.29) is 22.6 Å². The molecule has 7 heteroatoms. The highest BCUT2D eigenvalue weighted by Gasteiger charge is 2.17. The standard InChI is InChI=1S/C20H17NO6/c1-24-16-7-5-4-6-15(16)20(23)27-17-9-8-13(11-18(17)25-2)10-14(12-21)19(22)26-3/h4-11H,1-3H3/b14-10+. The highest BCUT2D eigenvalue weighted by molar-refractivity contribution is 5.98. The van der Waals surface area contributed by atoms with Crippen LogP contribution in [0.3, 0.4) is 0 Å². The van der Waals surface area contributed by atoms with Crippen molar-refractivity contribution in [2.75, 3.05) is 21.3 Å². The van der Waals surface area contributed by atoms with E-state index in [0.29, 0.717) is 11.3 Å². The van der Waals surface area contributed by atoms with Gasteiger partial charge in [0.05, 0.1) is 21.3 Å². The van der Waals surface area contributed by atoms with Crippen LogP contribution in [0, 0.1) is 11.3 Å². The number of benzene rings is 2. The third-order valence-electron chi connectivity index (χ3n) is 3.55. The van der Waals surface area contributed by atoms with Crippen molar-refractivity contribution < 1.29 is 28.5 Å². The summed E-state index contributed by atoms with van der Waals surface area (Å²) in [6, 6.07) is 13.1. The molecule has 138 valence electrons. The van der Waals surface area contributed by atoms with Crippen molar-refractivity contribution in [3.05, 3.63) is 59.2 Å². The zero-order valence-corrected chi connectivity index (χ0v) is 15.0. The van der Waals surface area contributed by atoms with Gasteiger partial charge in [-0.25, -0.2) is 9.59 Å². The van der Waals surface area contributed by atoms with E-state index in [1.807, 2.05) is 0 Å². The Morgan fingerprint density at radius 2 is 1.67 bits per heavy atom. The van der Waals surface area contributed by atoms with Crippen molar-refractivity contribution in [1.82, 2.24) is 0 Å². The number of nitrogens with zero attached hydrogens (tertiary/aromatic N) is 1. The van der Waals surface area contributed by atoms with Gasteiger partial charge in [0.15, 0.2) is 11.5 Å². The SMILES string of the molecule is COC(=O)/C(C#N)=C/c1ccc(OC(=O)c2ccccc2OC)c(OC)c1. The van der Waals surface area contributed by atoms with Gasteiger partial charge < -0.3 is 18.9 Å². The zero-order valence-electron chi connectivity index (χ0n) is 15.0. The summed E-state index contributed by atoms with van der Waals surface area (Å²) in [4.78, 5) is 23.9. The molecule has 0 saturated heterocycles. The van der Waals surface area contributed by atoms with E-state index in [4.69, 9.17) is 19.5 Å². The van der Waals surface area contributed by atoms with E-state index < -0.39 is 11.9 Å². The van der Waals surface area contributed by atoms with Crippen LogP contribution in [0.5, 0.6) is 17.2 Å². The molecule has 0 saturated carbocycles. The summed E-state index contributed by atoms with van der Waals surface area (Å²) in [6.45, 7) is 0. The van der Waals surface area contributed by atoms with Gasteiger partial charge in [0, 0.05) is 0 Å². The lowest BCUT2D eigenvalue weighted by molar-refractivity contribution is -0.135. The number of carbonyl (C=O) groups is 2. The van der Waals surface area contributed by atoms with Gasteiger partial charge in [-0.3, -0.25) is 0 Å². The van der Waals surface area contributed by atoms with E-state index in [0.717, 1.165) is 0 Å². The molecule has 0 aromatic heterocycles. The molecular weight excluding hydrogens is 350 g/mol. The molecular formula is C20H17NO6. The summed E-state index contributed by atoms with van der Waals surface area (Å²) in [6.07, 6.45) is 1.35. The number of ether oxygens (including phenoxy) is 4. The number of hydrogen-bond acceptors (Lipinski definition) is 7. The van der Waals surface area contributed by atoms with Gasteiger partial charge in [-0.1, -0.05) is 18.2 Å². The lowest BCUT2D eigenvalue weighted by atomic mass is 10.1. The van der Waals surface area contributed by atoms with Crippen LogP contribution in [-0.4, -0.2) is 33.3 Å². The van der Waals surface area contributed by atoms with Crippen LogP contribution in [-0.2, 0) is 9.53 Å². The minimum Gasteiger partial charge on any atom is -0.496 e. The number of methoxy groups -OCH3 is 3. The molecule has 0 N–H and O–H groups in total. The average molecular weight is 367 g/mol. The minimum absolute atomic E-state index is 0.168. The highest BCUT2D eigenvalue weighted by Crippen LogP contribution is 2.30. The molecule has 0 aliphatic rings. The molecule has 0 unspecified atom stereocenters. The van der Waals surface area contributed by atoms with Crippen LogP contribution >= 0.6 is 0 Å². The quantitative estimate of drug-likeness (QED) is 0.335. The fraction of sp³-hybridized carbons (Fsp3) is 0.150. The van der Waals surface area contributed by atoms with E-state index in [1.54, 1.807) is 36.4 Å². The number of hydrogen-bond donors (Lipinski definition) is 0. The van der Waals surface area contributed by atoms with E-state index in [9.17, 15) is 9.59 Å². The fourth-order valence-electron chi connectivity index (χ4n) is 2.24. The fourth-order valence-corrected chi connectivity index (χ4v) is 2.24. The molecule has 0 radical (unpaired) electrons. The van der Waals surface area contributed by atoms with E-state index in [2.05, 4.69) is 4.74 Å². The molecule has 0 spiro atoms. The van der Waals surface area contributed by atoms with Crippen LogP contribution in [0.4, 0.5) is 0 Å². The Morgan fingerprint density at radius 3 is 2.30 bits per heavy atom. The third-order valence-corrected chi connectivity index (χ3v) is 3.55. The van der Waals surface area contributed by atoms with Gasteiger partial charge in [-0.2, -0.15) is 5.26 Å². The number of carbonyl (C=O) groups excluding carboxylic acids is 2. The first kappa shape index (κ1) is 19.5. The maximum absolute atomic E-state index is 12.4. The van der Waals surface area contributed by atoms with Crippen molar-refractivity contribution in [1.29, 1.82) is 5.26 Å². The second-order valence-corrected chi connectivity index (χ2v) is 5.16. The molecule has 27 heavy (non-hydrogen) atoms. The predicted molar refractivity (Wildman–Crippen MR) is 96.6 cm³/mol. The third kappa shape index (κ3) is 4.64. The Bertz CT molecular complexity index is 926. The molecule has 7 nitrogen and oxygen atoms in total. The topological polar surface area (TPSA) is 94.9 Å². The molecule has 2 aromatic rings. The van der Waals surface area contributed by atoms with Crippen molar-refractivity contribution in [2.45, 2.75) is 0 Å². The Morgan fingerprint density at radius 1 is 0.963 bits per heavy atom. The number of rotatable bonds is 6. The van der Waals surface area contributed by atoms with Crippen molar-refractivity contribution >= 4 is 18.0 Å². The van der Waals surface area contributed by atoms with Gasteiger partial charge in [0.25, 0.3) is 0 Å². The van der Waals surface area contributed by atoms with Gasteiger partial charge in [-0.05, 0) is 35.9 Å².